The summed E-state index contributed by atoms with van der Waals surface area (Å²) >= 11 is 0. The number of quaternary nitrogens is 1. The molecule has 0 atom stereocenters. The first-order chi connectivity index (χ1) is 6.20. The van der Waals surface area contributed by atoms with Crippen molar-refractivity contribution in [1.29, 1.82) is 0 Å². The Morgan fingerprint density at radius 3 is 2.62 bits per heavy atom. The zero-order valence-corrected chi connectivity index (χ0v) is 8.45. The van der Waals surface area contributed by atoms with E-state index in [1.807, 2.05) is 13.8 Å². The molecule has 0 aromatic heterocycles. The Morgan fingerprint density at radius 1 is 1.46 bits per heavy atom. The fraction of sp³-hybridized carbons (Fsp3) is 0.889. The molecule has 0 aromatic carbocycles. The second kappa shape index (κ2) is 5.07. The van der Waals surface area contributed by atoms with Crippen LogP contribution in [0, 0.1) is 5.92 Å². The highest BCUT2D eigenvalue weighted by molar-refractivity contribution is 5.67. The van der Waals surface area contributed by atoms with Gasteiger partial charge in [0.1, 0.15) is 0 Å². The highest BCUT2D eigenvalue weighted by Crippen LogP contribution is 1.98. The lowest BCUT2D eigenvalue weighted by molar-refractivity contribution is -0.662. The van der Waals surface area contributed by atoms with Gasteiger partial charge in [0.05, 0.1) is 32.8 Å². The molecule has 4 nitrogen and oxygen atoms in total. The lowest BCUT2D eigenvalue weighted by Gasteiger charge is -2.24. The van der Waals surface area contributed by atoms with Crippen molar-refractivity contribution in [3.63, 3.8) is 0 Å². The van der Waals surface area contributed by atoms with Crippen molar-refractivity contribution in [2.75, 3.05) is 32.8 Å². The monoisotopic (exact) mass is 187 g/mol. The molecule has 0 saturated carbocycles. The van der Waals surface area contributed by atoms with Gasteiger partial charge in [-0.3, -0.25) is 4.90 Å². The van der Waals surface area contributed by atoms with Crippen LogP contribution in [-0.4, -0.2) is 43.8 Å². The maximum atomic E-state index is 11.4. The maximum Gasteiger partial charge on any atom is 0.410 e. The summed E-state index contributed by atoms with van der Waals surface area (Å²) in [6, 6.07) is 0. The summed E-state index contributed by atoms with van der Waals surface area (Å²) in [6.45, 7) is 8.23. The highest BCUT2D eigenvalue weighted by atomic mass is 16.6. The van der Waals surface area contributed by atoms with Crippen LogP contribution in [0.2, 0.25) is 0 Å². The minimum absolute atomic E-state index is 0.151. The van der Waals surface area contributed by atoms with Crippen molar-refractivity contribution in [1.82, 2.24) is 4.90 Å². The molecular weight excluding hydrogens is 168 g/mol. The SMILES string of the molecule is CC(C)COC(=O)N1CC[NH2+]CC1. The number of rotatable bonds is 2. The minimum atomic E-state index is -0.151. The zero-order chi connectivity index (χ0) is 9.68. The molecule has 1 aliphatic rings. The summed E-state index contributed by atoms with van der Waals surface area (Å²) in [6.07, 6.45) is -0.151. The van der Waals surface area contributed by atoms with Gasteiger partial charge in [0.15, 0.2) is 0 Å². The van der Waals surface area contributed by atoms with Gasteiger partial charge in [-0.25, -0.2) is 4.79 Å². The smallest absolute Gasteiger partial charge is 0.410 e. The predicted molar refractivity (Wildman–Crippen MR) is 49.4 cm³/mol. The Labute approximate surface area is 79.2 Å². The first-order valence-corrected chi connectivity index (χ1v) is 4.93. The Balaban J connectivity index is 2.21. The molecular formula is C9H19N2O2+. The molecule has 1 rings (SSSR count). The summed E-state index contributed by atoms with van der Waals surface area (Å²) in [7, 11) is 0. The van der Waals surface area contributed by atoms with Gasteiger partial charge in [-0.05, 0) is 5.92 Å². The molecule has 1 aliphatic heterocycles. The molecule has 0 aromatic rings. The molecule has 76 valence electrons. The number of piperazine rings is 1. The Bertz CT molecular complexity index is 165. The van der Waals surface area contributed by atoms with Gasteiger partial charge in [0.25, 0.3) is 0 Å². The summed E-state index contributed by atoms with van der Waals surface area (Å²) in [5.74, 6) is 0.417. The van der Waals surface area contributed by atoms with Gasteiger partial charge < -0.3 is 10.1 Å². The summed E-state index contributed by atoms with van der Waals surface area (Å²) < 4.78 is 5.12. The number of hydrogen-bond acceptors (Lipinski definition) is 2. The molecule has 0 unspecified atom stereocenters. The van der Waals surface area contributed by atoms with Crippen molar-refractivity contribution in [2.24, 2.45) is 5.92 Å². The van der Waals surface area contributed by atoms with E-state index < -0.39 is 0 Å². The third kappa shape index (κ3) is 3.63. The van der Waals surface area contributed by atoms with E-state index in [-0.39, 0.29) is 6.09 Å². The molecule has 13 heavy (non-hydrogen) atoms. The first kappa shape index (κ1) is 10.3. The topological polar surface area (TPSA) is 46.1 Å². The lowest BCUT2D eigenvalue weighted by Crippen LogP contribution is -2.89. The standard InChI is InChI=1S/C9H18N2O2/c1-8(2)7-13-9(12)11-5-3-10-4-6-11/h8,10H,3-7H2,1-2H3/p+1. The second-order valence-electron chi connectivity index (χ2n) is 3.82. The first-order valence-electron chi connectivity index (χ1n) is 4.93. The molecule has 0 aliphatic carbocycles. The van der Waals surface area contributed by atoms with Crippen molar-refractivity contribution in [3.05, 3.63) is 0 Å². The molecule has 4 heteroatoms. The van der Waals surface area contributed by atoms with Gasteiger partial charge in [-0.1, -0.05) is 13.8 Å². The molecule has 1 amide bonds. The number of carbonyl (C=O) groups is 1. The molecule has 1 fully saturated rings. The normalized spacial score (nSPS) is 17.6. The van der Waals surface area contributed by atoms with Crippen LogP contribution in [0.15, 0.2) is 0 Å². The van der Waals surface area contributed by atoms with E-state index in [9.17, 15) is 4.79 Å². The van der Waals surface area contributed by atoms with Crippen LogP contribution in [0.25, 0.3) is 0 Å². The number of hydrogen-bond donors (Lipinski definition) is 1. The van der Waals surface area contributed by atoms with E-state index in [2.05, 4.69) is 5.32 Å². The number of amides is 1. The van der Waals surface area contributed by atoms with Gasteiger partial charge in [0, 0.05) is 0 Å². The fourth-order valence-corrected chi connectivity index (χ4v) is 1.26. The molecule has 2 N–H and O–H groups in total. The van der Waals surface area contributed by atoms with E-state index in [0.717, 1.165) is 26.2 Å². The molecule has 0 radical (unpaired) electrons. The van der Waals surface area contributed by atoms with Crippen LogP contribution in [-0.2, 0) is 4.74 Å². The predicted octanol–water partition coefficient (Wildman–Crippen LogP) is -0.342. The Kier molecular flexibility index (Phi) is 4.02. The van der Waals surface area contributed by atoms with Gasteiger partial charge >= 0.3 is 6.09 Å². The highest BCUT2D eigenvalue weighted by Gasteiger charge is 2.19. The van der Waals surface area contributed by atoms with Gasteiger partial charge in [0.2, 0.25) is 0 Å². The Morgan fingerprint density at radius 2 is 2.08 bits per heavy atom. The van der Waals surface area contributed by atoms with Crippen LogP contribution in [0.1, 0.15) is 13.8 Å². The molecule has 0 bridgehead atoms. The number of ether oxygens (including phenoxy) is 1. The Hall–Kier alpha value is -0.770. The van der Waals surface area contributed by atoms with Crippen LogP contribution in [0.4, 0.5) is 4.79 Å². The van der Waals surface area contributed by atoms with E-state index >= 15 is 0 Å². The van der Waals surface area contributed by atoms with Crippen LogP contribution < -0.4 is 5.32 Å². The maximum absolute atomic E-state index is 11.4. The molecule has 1 heterocycles. The number of nitrogens with two attached hydrogens (primary N) is 1. The lowest BCUT2D eigenvalue weighted by atomic mass is 10.2. The van der Waals surface area contributed by atoms with Crippen molar-refractivity contribution in [3.8, 4) is 0 Å². The van der Waals surface area contributed by atoms with Gasteiger partial charge in [-0.2, -0.15) is 0 Å². The van der Waals surface area contributed by atoms with E-state index in [1.54, 1.807) is 4.90 Å². The fourth-order valence-electron chi connectivity index (χ4n) is 1.26. The summed E-state index contributed by atoms with van der Waals surface area (Å²) in [5, 5.41) is 2.21. The summed E-state index contributed by atoms with van der Waals surface area (Å²) in [4.78, 5) is 13.2. The number of carbonyl (C=O) groups excluding carboxylic acids is 1. The van der Waals surface area contributed by atoms with Crippen molar-refractivity contribution < 1.29 is 14.8 Å². The van der Waals surface area contributed by atoms with Crippen molar-refractivity contribution in [2.45, 2.75) is 13.8 Å². The second-order valence-corrected chi connectivity index (χ2v) is 3.82. The van der Waals surface area contributed by atoms with Crippen LogP contribution in [0.3, 0.4) is 0 Å². The van der Waals surface area contributed by atoms with E-state index in [1.165, 1.54) is 0 Å². The quantitative estimate of drug-likeness (QED) is 0.643. The summed E-state index contributed by atoms with van der Waals surface area (Å²) in [5.41, 5.74) is 0. The van der Waals surface area contributed by atoms with Gasteiger partial charge in [-0.15, -0.1) is 0 Å². The third-order valence-corrected chi connectivity index (χ3v) is 2.00. The van der Waals surface area contributed by atoms with Crippen LogP contribution >= 0.6 is 0 Å². The average molecular weight is 187 g/mol. The molecule has 0 spiro atoms. The van der Waals surface area contributed by atoms with Crippen LogP contribution in [0.5, 0.6) is 0 Å². The number of nitrogens with zero attached hydrogens (tertiary/aromatic N) is 1. The molecule has 1 saturated heterocycles. The zero-order valence-electron chi connectivity index (χ0n) is 8.45. The van der Waals surface area contributed by atoms with E-state index in [4.69, 9.17) is 4.74 Å². The minimum Gasteiger partial charge on any atom is -0.449 e. The van der Waals surface area contributed by atoms with E-state index in [0.29, 0.717) is 12.5 Å². The van der Waals surface area contributed by atoms with Crippen molar-refractivity contribution >= 4 is 6.09 Å². The largest absolute Gasteiger partial charge is 0.449 e. The third-order valence-electron chi connectivity index (χ3n) is 2.00. The average Bonchev–Trinajstić information content (AvgIpc) is 2.15.